The lowest BCUT2D eigenvalue weighted by molar-refractivity contribution is 0.353. The van der Waals surface area contributed by atoms with Crippen LogP contribution in [0.2, 0.25) is 0 Å². The van der Waals surface area contributed by atoms with Gasteiger partial charge in [-0.15, -0.1) is 0 Å². The van der Waals surface area contributed by atoms with Gasteiger partial charge in [0.15, 0.2) is 0 Å². The van der Waals surface area contributed by atoms with Crippen molar-refractivity contribution in [1.29, 1.82) is 0 Å². The molecule has 1 aliphatic rings. The van der Waals surface area contributed by atoms with Gasteiger partial charge in [0.25, 0.3) is 0 Å². The van der Waals surface area contributed by atoms with Crippen LogP contribution in [0.5, 0.6) is 0 Å². The minimum Gasteiger partial charge on any atom is -0.317 e. The van der Waals surface area contributed by atoms with E-state index in [2.05, 4.69) is 30.3 Å². The molecule has 0 saturated carbocycles. The zero-order valence-electron chi connectivity index (χ0n) is 8.43. The maximum atomic E-state index is 3.27. The minimum absolute atomic E-state index is 0.625. The fourth-order valence-corrected chi connectivity index (χ4v) is 1.49. The maximum absolute atomic E-state index is 3.27. The third kappa shape index (κ3) is 2.95. The molecule has 2 nitrogen and oxygen atoms in total. The Morgan fingerprint density at radius 2 is 2.42 bits per heavy atom. The van der Waals surface area contributed by atoms with Crippen LogP contribution in [0.25, 0.3) is 0 Å². The molecule has 0 aromatic carbocycles. The van der Waals surface area contributed by atoms with Crippen molar-refractivity contribution in [2.24, 2.45) is 0 Å². The standard InChI is InChI=1S/C10H20N2/c1-9(11-2)8-10-4-6-12(3)7-5-10/h4,9,11H,5-8H2,1-3H3. The predicted molar refractivity (Wildman–Crippen MR) is 53.3 cm³/mol. The Morgan fingerprint density at radius 1 is 1.67 bits per heavy atom. The van der Waals surface area contributed by atoms with Crippen molar-refractivity contribution in [2.45, 2.75) is 25.8 Å². The molecule has 2 heteroatoms. The number of nitrogens with zero attached hydrogens (tertiary/aromatic N) is 1. The monoisotopic (exact) mass is 168 g/mol. The highest BCUT2D eigenvalue weighted by Gasteiger charge is 2.09. The van der Waals surface area contributed by atoms with E-state index >= 15 is 0 Å². The fourth-order valence-electron chi connectivity index (χ4n) is 1.49. The molecule has 0 spiro atoms. The molecule has 0 aliphatic carbocycles. The summed E-state index contributed by atoms with van der Waals surface area (Å²) in [5.41, 5.74) is 1.62. The van der Waals surface area contributed by atoms with Crippen molar-refractivity contribution in [2.75, 3.05) is 27.2 Å². The van der Waals surface area contributed by atoms with E-state index < -0.39 is 0 Å². The first-order valence-electron chi connectivity index (χ1n) is 4.76. The summed E-state index contributed by atoms with van der Waals surface area (Å²) in [6.45, 7) is 4.59. The largest absolute Gasteiger partial charge is 0.317 e. The van der Waals surface area contributed by atoms with Gasteiger partial charge in [-0.25, -0.2) is 0 Å². The molecule has 0 aromatic rings. The van der Waals surface area contributed by atoms with Gasteiger partial charge < -0.3 is 10.2 Å². The topological polar surface area (TPSA) is 15.3 Å². The minimum atomic E-state index is 0.625. The highest BCUT2D eigenvalue weighted by Crippen LogP contribution is 2.14. The SMILES string of the molecule is CNC(C)CC1=CCN(C)CC1. The summed E-state index contributed by atoms with van der Waals surface area (Å²) >= 11 is 0. The Bertz CT molecular complexity index is 163. The van der Waals surface area contributed by atoms with Gasteiger partial charge in [-0.05, 0) is 33.9 Å². The summed E-state index contributed by atoms with van der Waals surface area (Å²) in [7, 11) is 4.20. The van der Waals surface area contributed by atoms with E-state index in [4.69, 9.17) is 0 Å². The van der Waals surface area contributed by atoms with Gasteiger partial charge in [0.05, 0.1) is 0 Å². The van der Waals surface area contributed by atoms with Crippen molar-refractivity contribution < 1.29 is 0 Å². The maximum Gasteiger partial charge on any atom is 0.0162 e. The number of hydrogen-bond acceptors (Lipinski definition) is 2. The molecule has 1 heterocycles. The summed E-state index contributed by atoms with van der Waals surface area (Å²) in [6, 6.07) is 0.625. The summed E-state index contributed by atoms with van der Waals surface area (Å²) in [4.78, 5) is 2.35. The van der Waals surface area contributed by atoms with Crippen LogP contribution in [0.1, 0.15) is 19.8 Å². The van der Waals surface area contributed by atoms with Crippen molar-refractivity contribution in [3.05, 3.63) is 11.6 Å². The van der Waals surface area contributed by atoms with Crippen LogP contribution in [0, 0.1) is 0 Å². The molecule has 0 aromatic heterocycles. The van der Waals surface area contributed by atoms with Crippen LogP contribution in [0.3, 0.4) is 0 Å². The number of nitrogens with one attached hydrogen (secondary N) is 1. The Hall–Kier alpha value is -0.340. The molecule has 0 bridgehead atoms. The summed E-state index contributed by atoms with van der Waals surface area (Å²) in [5, 5.41) is 3.27. The van der Waals surface area contributed by atoms with Crippen LogP contribution in [0.4, 0.5) is 0 Å². The van der Waals surface area contributed by atoms with Crippen LogP contribution < -0.4 is 5.32 Å². The molecule has 0 fully saturated rings. The molecule has 0 saturated heterocycles. The second-order valence-electron chi connectivity index (χ2n) is 3.77. The van der Waals surface area contributed by atoms with Crippen LogP contribution in [-0.4, -0.2) is 38.1 Å². The van der Waals surface area contributed by atoms with Crippen LogP contribution in [0.15, 0.2) is 11.6 Å². The van der Waals surface area contributed by atoms with Gasteiger partial charge in [0, 0.05) is 19.1 Å². The van der Waals surface area contributed by atoms with E-state index in [-0.39, 0.29) is 0 Å². The Kier molecular flexibility index (Phi) is 3.76. The van der Waals surface area contributed by atoms with E-state index in [1.54, 1.807) is 5.57 Å². The molecule has 1 unspecified atom stereocenters. The first kappa shape index (κ1) is 9.75. The Labute approximate surface area is 75.6 Å². The zero-order valence-corrected chi connectivity index (χ0v) is 8.43. The lowest BCUT2D eigenvalue weighted by Gasteiger charge is -2.23. The highest BCUT2D eigenvalue weighted by molar-refractivity contribution is 5.08. The molecule has 1 atom stereocenters. The molecule has 70 valence electrons. The fraction of sp³-hybridized carbons (Fsp3) is 0.800. The Balaban J connectivity index is 2.33. The smallest absolute Gasteiger partial charge is 0.0162 e. The Morgan fingerprint density at radius 3 is 2.92 bits per heavy atom. The molecule has 1 rings (SSSR count). The molecule has 0 amide bonds. The molecule has 1 aliphatic heterocycles. The van der Waals surface area contributed by atoms with Crippen molar-refractivity contribution in [1.82, 2.24) is 10.2 Å². The van der Waals surface area contributed by atoms with Gasteiger partial charge in [0.2, 0.25) is 0 Å². The van der Waals surface area contributed by atoms with Gasteiger partial charge in [-0.3, -0.25) is 0 Å². The van der Waals surface area contributed by atoms with Gasteiger partial charge in [0.1, 0.15) is 0 Å². The van der Waals surface area contributed by atoms with Gasteiger partial charge >= 0.3 is 0 Å². The second kappa shape index (κ2) is 4.63. The third-order valence-electron chi connectivity index (χ3n) is 2.57. The highest BCUT2D eigenvalue weighted by atomic mass is 15.1. The predicted octanol–water partition coefficient (Wildman–Crippen LogP) is 1.25. The molecule has 1 N–H and O–H groups in total. The molecular weight excluding hydrogens is 148 g/mol. The van der Waals surface area contributed by atoms with Gasteiger partial charge in [-0.1, -0.05) is 11.6 Å². The molecular formula is C10H20N2. The van der Waals surface area contributed by atoms with Crippen LogP contribution >= 0.6 is 0 Å². The van der Waals surface area contributed by atoms with Crippen molar-refractivity contribution in [3.8, 4) is 0 Å². The van der Waals surface area contributed by atoms with E-state index in [1.807, 2.05) is 7.05 Å². The summed E-state index contributed by atoms with van der Waals surface area (Å²) < 4.78 is 0. The number of hydrogen-bond donors (Lipinski definition) is 1. The normalized spacial score (nSPS) is 22.1. The molecule has 12 heavy (non-hydrogen) atoms. The number of likely N-dealkylation sites (N-methyl/N-ethyl adjacent to an activating group) is 1. The lowest BCUT2D eigenvalue weighted by Crippen LogP contribution is -2.27. The quantitative estimate of drug-likeness (QED) is 0.638. The first-order valence-corrected chi connectivity index (χ1v) is 4.76. The van der Waals surface area contributed by atoms with E-state index in [0.717, 1.165) is 6.54 Å². The van der Waals surface area contributed by atoms with E-state index in [1.165, 1.54) is 19.4 Å². The van der Waals surface area contributed by atoms with E-state index in [0.29, 0.717) is 6.04 Å². The summed E-state index contributed by atoms with van der Waals surface area (Å²) in [6.07, 6.45) is 4.84. The van der Waals surface area contributed by atoms with E-state index in [9.17, 15) is 0 Å². The lowest BCUT2D eigenvalue weighted by atomic mass is 10.0. The van der Waals surface area contributed by atoms with Crippen LogP contribution in [-0.2, 0) is 0 Å². The van der Waals surface area contributed by atoms with Gasteiger partial charge in [-0.2, -0.15) is 0 Å². The molecule has 0 radical (unpaired) electrons. The van der Waals surface area contributed by atoms with Crippen molar-refractivity contribution in [3.63, 3.8) is 0 Å². The summed E-state index contributed by atoms with van der Waals surface area (Å²) in [5.74, 6) is 0. The van der Waals surface area contributed by atoms with Crippen molar-refractivity contribution >= 4 is 0 Å². The average Bonchev–Trinajstić information content (AvgIpc) is 2.09. The first-order chi connectivity index (χ1) is 5.72. The second-order valence-corrected chi connectivity index (χ2v) is 3.77. The zero-order chi connectivity index (χ0) is 8.97. The number of rotatable bonds is 3. The third-order valence-corrected chi connectivity index (χ3v) is 2.57. The average molecular weight is 168 g/mol.